The summed E-state index contributed by atoms with van der Waals surface area (Å²) < 4.78 is 0. The van der Waals surface area contributed by atoms with Crippen molar-refractivity contribution in [2.75, 3.05) is 0 Å². The van der Waals surface area contributed by atoms with Gasteiger partial charge in [0.15, 0.2) is 6.29 Å². The molecule has 2 rings (SSSR count). The first-order valence-electron chi connectivity index (χ1n) is 5.55. The number of rotatable bonds is 2. The molecule has 0 aliphatic heterocycles. The van der Waals surface area contributed by atoms with E-state index in [9.17, 15) is 4.79 Å². The molecule has 18 heavy (non-hydrogen) atoms. The van der Waals surface area contributed by atoms with Gasteiger partial charge in [-0.2, -0.15) is 0 Å². The number of benzene rings is 2. The molecule has 92 valence electrons. The average molecular weight is 279 g/mol. The summed E-state index contributed by atoms with van der Waals surface area (Å²) in [4.78, 5) is 11.1. The van der Waals surface area contributed by atoms with Crippen LogP contribution in [0.3, 0.4) is 0 Å². The van der Waals surface area contributed by atoms with Crippen LogP contribution in [0, 0.1) is 13.8 Å². The maximum absolute atomic E-state index is 11.1. The third-order valence-electron chi connectivity index (χ3n) is 3.02. The molecule has 0 heterocycles. The van der Waals surface area contributed by atoms with Gasteiger partial charge in [0, 0.05) is 21.2 Å². The molecule has 0 aliphatic rings. The van der Waals surface area contributed by atoms with E-state index in [0.717, 1.165) is 28.5 Å². The highest BCUT2D eigenvalue weighted by atomic mass is 35.5. The smallest absolute Gasteiger partial charge is 0.150 e. The fourth-order valence-corrected chi connectivity index (χ4v) is 2.34. The molecule has 0 aliphatic carbocycles. The Balaban J connectivity index is 2.72. The van der Waals surface area contributed by atoms with Crippen LogP contribution in [0.1, 0.15) is 21.5 Å². The molecule has 0 aromatic heterocycles. The standard InChI is InChI=1S/C15H12Cl2O/c1-9-5-14(15(17)6-10(9)2)13-7-12(16)4-3-11(13)8-18/h3-8H,1-2H3. The molecule has 0 unspecified atom stereocenters. The molecule has 0 saturated heterocycles. The number of hydrogen-bond donors (Lipinski definition) is 0. The van der Waals surface area contributed by atoms with E-state index in [-0.39, 0.29) is 0 Å². The number of aldehydes is 1. The maximum Gasteiger partial charge on any atom is 0.150 e. The number of hydrogen-bond acceptors (Lipinski definition) is 1. The van der Waals surface area contributed by atoms with Gasteiger partial charge in [0.25, 0.3) is 0 Å². The molecule has 1 nitrogen and oxygen atoms in total. The van der Waals surface area contributed by atoms with Gasteiger partial charge in [-0.15, -0.1) is 0 Å². The molecule has 0 spiro atoms. The zero-order valence-electron chi connectivity index (χ0n) is 10.1. The van der Waals surface area contributed by atoms with E-state index in [1.807, 2.05) is 26.0 Å². The van der Waals surface area contributed by atoms with E-state index in [0.29, 0.717) is 15.6 Å². The molecule has 0 bridgehead atoms. The van der Waals surface area contributed by atoms with Gasteiger partial charge in [-0.3, -0.25) is 4.79 Å². The van der Waals surface area contributed by atoms with Crippen molar-refractivity contribution in [3.8, 4) is 11.1 Å². The molecule has 2 aromatic rings. The highest BCUT2D eigenvalue weighted by Crippen LogP contribution is 2.33. The summed E-state index contributed by atoms with van der Waals surface area (Å²) in [5, 5.41) is 1.22. The second-order valence-electron chi connectivity index (χ2n) is 4.27. The quantitative estimate of drug-likeness (QED) is 0.700. The van der Waals surface area contributed by atoms with Crippen LogP contribution < -0.4 is 0 Å². The van der Waals surface area contributed by atoms with E-state index in [4.69, 9.17) is 23.2 Å². The maximum atomic E-state index is 11.1. The predicted molar refractivity (Wildman–Crippen MR) is 76.8 cm³/mol. The molecule has 0 saturated carbocycles. The largest absolute Gasteiger partial charge is 0.298 e. The van der Waals surface area contributed by atoms with Gasteiger partial charge < -0.3 is 0 Å². The highest BCUT2D eigenvalue weighted by molar-refractivity contribution is 6.34. The Kier molecular flexibility index (Phi) is 3.74. The van der Waals surface area contributed by atoms with Crippen LogP contribution in [0.2, 0.25) is 10.0 Å². The van der Waals surface area contributed by atoms with Crippen molar-refractivity contribution in [2.45, 2.75) is 13.8 Å². The Morgan fingerprint density at radius 1 is 0.944 bits per heavy atom. The molecule has 3 heteroatoms. The molecule has 0 radical (unpaired) electrons. The fourth-order valence-electron chi connectivity index (χ4n) is 1.85. The van der Waals surface area contributed by atoms with Crippen LogP contribution in [-0.2, 0) is 0 Å². The summed E-state index contributed by atoms with van der Waals surface area (Å²) in [6.07, 6.45) is 0.817. The average Bonchev–Trinajstić information content (AvgIpc) is 2.34. The summed E-state index contributed by atoms with van der Waals surface area (Å²) in [6.45, 7) is 4.02. The number of carbonyl (C=O) groups is 1. The Morgan fingerprint density at radius 3 is 2.28 bits per heavy atom. The third kappa shape index (κ3) is 2.43. The minimum absolute atomic E-state index is 0.588. The number of carbonyl (C=O) groups excluding carboxylic acids is 1. The van der Waals surface area contributed by atoms with E-state index in [1.54, 1.807) is 18.2 Å². The van der Waals surface area contributed by atoms with Crippen LogP contribution >= 0.6 is 23.2 Å². The molecule has 0 atom stereocenters. The lowest BCUT2D eigenvalue weighted by Gasteiger charge is -2.11. The third-order valence-corrected chi connectivity index (χ3v) is 3.56. The van der Waals surface area contributed by atoms with Crippen molar-refractivity contribution < 1.29 is 4.79 Å². The van der Waals surface area contributed by atoms with Crippen molar-refractivity contribution >= 4 is 29.5 Å². The lowest BCUT2D eigenvalue weighted by Crippen LogP contribution is -1.91. The zero-order chi connectivity index (χ0) is 13.3. The topological polar surface area (TPSA) is 17.1 Å². The van der Waals surface area contributed by atoms with E-state index < -0.39 is 0 Å². The van der Waals surface area contributed by atoms with Gasteiger partial charge in [0.1, 0.15) is 0 Å². The van der Waals surface area contributed by atoms with Gasteiger partial charge in [-0.25, -0.2) is 0 Å². The normalized spacial score (nSPS) is 10.4. The first-order valence-corrected chi connectivity index (χ1v) is 6.30. The molecule has 0 fully saturated rings. The van der Waals surface area contributed by atoms with E-state index in [1.165, 1.54) is 0 Å². The van der Waals surface area contributed by atoms with Gasteiger partial charge >= 0.3 is 0 Å². The lowest BCUT2D eigenvalue weighted by molar-refractivity contribution is 0.112. The molecule has 0 N–H and O–H groups in total. The molecule has 2 aromatic carbocycles. The Hall–Kier alpha value is -1.31. The summed E-state index contributed by atoms with van der Waals surface area (Å²) in [7, 11) is 0. The van der Waals surface area contributed by atoms with Crippen LogP contribution in [0.4, 0.5) is 0 Å². The summed E-state index contributed by atoms with van der Waals surface area (Å²) in [5.74, 6) is 0. The van der Waals surface area contributed by atoms with Crippen molar-refractivity contribution in [3.05, 3.63) is 57.1 Å². The Labute approximate surface area is 116 Å². The minimum atomic E-state index is 0.588. The summed E-state index contributed by atoms with van der Waals surface area (Å²) in [5.41, 5.74) is 4.45. The SMILES string of the molecule is Cc1cc(Cl)c(-c2cc(Cl)ccc2C=O)cc1C. The first-order chi connectivity index (χ1) is 8.52. The van der Waals surface area contributed by atoms with Crippen LogP contribution in [0.25, 0.3) is 11.1 Å². The van der Waals surface area contributed by atoms with Crippen molar-refractivity contribution in [3.63, 3.8) is 0 Å². The van der Waals surface area contributed by atoms with Crippen molar-refractivity contribution in [1.29, 1.82) is 0 Å². The van der Waals surface area contributed by atoms with Crippen molar-refractivity contribution in [2.24, 2.45) is 0 Å². The lowest BCUT2D eigenvalue weighted by atomic mass is 9.97. The summed E-state index contributed by atoms with van der Waals surface area (Å²) >= 11 is 12.2. The Bertz CT molecular complexity index is 618. The van der Waals surface area contributed by atoms with E-state index in [2.05, 4.69) is 0 Å². The summed E-state index contributed by atoms with van der Waals surface area (Å²) in [6, 6.07) is 9.05. The number of halogens is 2. The zero-order valence-corrected chi connectivity index (χ0v) is 11.6. The predicted octanol–water partition coefficient (Wildman–Crippen LogP) is 5.09. The number of aryl methyl sites for hydroxylation is 2. The first kappa shape index (κ1) is 13.1. The monoisotopic (exact) mass is 278 g/mol. The molecule has 0 amide bonds. The molecular formula is C15H12Cl2O. The second kappa shape index (κ2) is 5.13. The van der Waals surface area contributed by atoms with Crippen LogP contribution in [0.5, 0.6) is 0 Å². The van der Waals surface area contributed by atoms with E-state index >= 15 is 0 Å². The Morgan fingerprint density at radius 2 is 1.61 bits per heavy atom. The fraction of sp³-hybridized carbons (Fsp3) is 0.133. The highest BCUT2D eigenvalue weighted by Gasteiger charge is 2.10. The van der Waals surface area contributed by atoms with Crippen molar-refractivity contribution in [1.82, 2.24) is 0 Å². The second-order valence-corrected chi connectivity index (χ2v) is 5.11. The van der Waals surface area contributed by atoms with Gasteiger partial charge in [-0.1, -0.05) is 23.2 Å². The van der Waals surface area contributed by atoms with Gasteiger partial charge in [0.2, 0.25) is 0 Å². The van der Waals surface area contributed by atoms with Crippen LogP contribution in [0.15, 0.2) is 30.3 Å². The minimum Gasteiger partial charge on any atom is -0.298 e. The van der Waals surface area contributed by atoms with Crippen LogP contribution in [-0.4, -0.2) is 6.29 Å². The van der Waals surface area contributed by atoms with Gasteiger partial charge in [-0.05, 0) is 60.9 Å². The van der Waals surface area contributed by atoms with Gasteiger partial charge in [0.05, 0.1) is 0 Å². The molecular weight excluding hydrogens is 267 g/mol.